The second-order valence-electron chi connectivity index (χ2n) is 2.92. The molecule has 0 saturated heterocycles. The second-order valence-corrected chi connectivity index (χ2v) is 4.09. The molecule has 0 spiro atoms. The highest BCUT2D eigenvalue weighted by Gasteiger charge is 2.05. The summed E-state index contributed by atoms with van der Waals surface area (Å²) >= 11 is 1.31. The van der Waals surface area contributed by atoms with Crippen LogP contribution in [0.5, 0.6) is 0 Å². The minimum atomic E-state index is -0.858. The number of nitrogens with one attached hydrogen (secondary N) is 1. The number of carboxylic acids is 1. The SMILES string of the molecule is CC#CCCNCc1ccc(C(=O)O)s1. The first-order valence-electron chi connectivity index (χ1n) is 4.66. The Morgan fingerprint density at radius 3 is 3.00 bits per heavy atom. The molecular formula is C11H13NO2S. The summed E-state index contributed by atoms with van der Waals surface area (Å²) in [4.78, 5) is 12.0. The van der Waals surface area contributed by atoms with Gasteiger partial charge in [-0.05, 0) is 19.1 Å². The summed E-state index contributed by atoms with van der Waals surface area (Å²) in [6.07, 6.45) is 0.827. The minimum absolute atomic E-state index is 0.389. The van der Waals surface area contributed by atoms with Crippen molar-refractivity contribution in [3.05, 3.63) is 21.9 Å². The lowest BCUT2D eigenvalue weighted by atomic mass is 10.4. The highest BCUT2D eigenvalue weighted by atomic mass is 32.1. The summed E-state index contributed by atoms with van der Waals surface area (Å²) in [6, 6.07) is 3.47. The lowest BCUT2D eigenvalue weighted by Crippen LogP contribution is -2.13. The second kappa shape index (κ2) is 6.23. The molecule has 15 heavy (non-hydrogen) atoms. The summed E-state index contributed by atoms with van der Waals surface area (Å²) in [5.74, 6) is 4.92. The molecule has 0 amide bonds. The van der Waals surface area contributed by atoms with Gasteiger partial charge in [0.1, 0.15) is 4.88 Å². The van der Waals surface area contributed by atoms with Gasteiger partial charge in [0.05, 0.1) is 0 Å². The standard InChI is InChI=1S/C11H13NO2S/c1-2-3-4-7-12-8-9-5-6-10(15-9)11(13)14/h5-6,12H,4,7-8H2,1H3,(H,13,14). The number of hydrogen-bond acceptors (Lipinski definition) is 3. The van der Waals surface area contributed by atoms with E-state index in [9.17, 15) is 4.79 Å². The fourth-order valence-corrected chi connectivity index (χ4v) is 1.89. The quantitative estimate of drug-likeness (QED) is 0.592. The molecule has 1 heterocycles. The molecule has 3 nitrogen and oxygen atoms in total. The topological polar surface area (TPSA) is 49.3 Å². The molecule has 0 saturated carbocycles. The van der Waals surface area contributed by atoms with Crippen LogP contribution in [0.2, 0.25) is 0 Å². The van der Waals surface area contributed by atoms with Gasteiger partial charge in [-0.1, -0.05) is 0 Å². The largest absolute Gasteiger partial charge is 0.477 e. The van der Waals surface area contributed by atoms with Crippen molar-refractivity contribution in [2.24, 2.45) is 0 Å². The van der Waals surface area contributed by atoms with Gasteiger partial charge >= 0.3 is 5.97 Å². The van der Waals surface area contributed by atoms with Crippen LogP contribution in [-0.4, -0.2) is 17.6 Å². The Bertz CT molecular complexity index is 387. The van der Waals surface area contributed by atoms with Crippen LogP contribution in [0.15, 0.2) is 12.1 Å². The number of thiophene rings is 1. The third-order valence-corrected chi connectivity index (χ3v) is 2.85. The van der Waals surface area contributed by atoms with E-state index < -0.39 is 5.97 Å². The van der Waals surface area contributed by atoms with E-state index >= 15 is 0 Å². The molecule has 0 bridgehead atoms. The van der Waals surface area contributed by atoms with Crippen LogP contribution in [0.1, 0.15) is 27.9 Å². The van der Waals surface area contributed by atoms with Crippen molar-refractivity contribution < 1.29 is 9.90 Å². The zero-order valence-electron chi connectivity index (χ0n) is 8.54. The van der Waals surface area contributed by atoms with Crippen molar-refractivity contribution in [2.75, 3.05) is 6.54 Å². The van der Waals surface area contributed by atoms with Gasteiger partial charge < -0.3 is 10.4 Å². The van der Waals surface area contributed by atoms with Crippen molar-refractivity contribution in [1.29, 1.82) is 0 Å². The average Bonchev–Trinajstić information content (AvgIpc) is 2.66. The van der Waals surface area contributed by atoms with Gasteiger partial charge in [0.2, 0.25) is 0 Å². The van der Waals surface area contributed by atoms with Gasteiger partial charge in [-0.15, -0.1) is 23.2 Å². The summed E-state index contributed by atoms with van der Waals surface area (Å²) in [7, 11) is 0. The number of rotatable bonds is 5. The molecule has 0 atom stereocenters. The summed E-state index contributed by atoms with van der Waals surface area (Å²) in [6.45, 7) is 3.36. The van der Waals surface area contributed by atoms with Crippen LogP contribution >= 0.6 is 11.3 Å². The Balaban J connectivity index is 2.30. The first kappa shape index (κ1) is 11.8. The fraction of sp³-hybridized carbons (Fsp3) is 0.364. The summed E-state index contributed by atoms with van der Waals surface area (Å²) < 4.78 is 0. The van der Waals surface area contributed by atoms with Crippen LogP contribution in [0.25, 0.3) is 0 Å². The van der Waals surface area contributed by atoms with Crippen LogP contribution in [0.4, 0.5) is 0 Å². The lowest BCUT2D eigenvalue weighted by Gasteiger charge is -1.98. The molecule has 1 rings (SSSR count). The van der Waals surface area contributed by atoms with Crippen LogP contribution < -0.4 is 5.32 Å². The first-order chi connectivity index (χ1) is 7.24. The van der Waals surface area contributed by atoms with E-state index in [1.165, 1.54) is 11.3 Å². The van der Waals surface area contributed by atoms with E-state index in [2.05, 4.69) is 17.2 Å². The van der Waals surface area contributed by atoms with Crippen molar-refractivity contribution >= 4 is 17.3 Å². The predicted molar refractivity (Wildman–Crippen MR) is 61.1 cm³/mol. The van der Waals surface area contributed by atoms with Crippen molar-refractivity contribution in [3.8, 4) is 11.8 Å². The Morgan fingerprint density at radius 1 is 1.60 bits per heavy atom. The number of carbonyl (C=O) groups is 1. The van der Waals surface area contributed by atoms with Crippen molar-refractivity contribution in [2.45, 2.75) is 19.9 Å². The molecule has 0 aromatic carbocycles. The highest BCUT2D eigenvalue weighted by molar-refractivity contribution is 7.13. The molecule has 0 radical (unpaired) electrons. The maximum absolute atomic E-state index is 10.6. The molecule has 0 unspecified atom stereocenters. The molecule has 2 N–H and O–H groups in total. The van der Waals surface area contributed by atoms with Crippen molar-refractivity contribution in [1.82, 2.24) is 5.32 Å². The fourth-order valence-electron chi connectivity index (χ4n) is 1.08. The van der Waals surface area contributed by atoms with E-state index in [0.29, 0.717) is 11.4 Å². The summed E-state index contributed by atoms with van der Waals surface area (Å²) in [5.41, 5.74) is 0. The normalized spacial score (nSPS) is 9.40. The van der Waals surface area contributed by atoms with Crippen molar-refractivity contribution in [3.63, 3.8) is 0 Å². The maximum atomic E-state index is 10.6. The van der Waals surface area contributed by atoms with E-state index in [0.717, 1.165) is 17.8 Å². The smallest absolute Gasteiger partial charge is 0.345 e. The summed E-state index contributed by atoms with van der Waals surface area (Å²) in [5, 5.41) is 11.9. The third-order valence-electron chi connectivity index (χ3n) is 1.78. The molecular weight excluding hydrogens is 210 g/mol. The maximum Gasteiger partial charge on any atom is 0.345 e. The molecule has 4 heteroatoms. The zero-order chi connectivity index (χ0) is 11.1. The molecule has 0 fully saturated rings. The Kier molecular flexibility index (Phi) is 4.88. The first-order valence-corrected chi connectivity index (χ1v) is 5.48. The molecule has 80 valence electrons. The van der Waals surface area contributed by atoms with Gasteiger partial charge in [0.25, 0.3) is 0 Å². The lowest BCUT2D eigenvalue weighted by molar-refractivity contribution is 0.0702. The van der Waals surface area contributed by atoms with Crippen LogP contribution in [-0.2, 0) is 6.54 Å². The Hall–Kier alpha value is -1.31. The van der Waals surface area contributed by atoms with E-state index in [1.807, 2.05) is 13.0 Å². The van der Waals surface area contributed by atoms with Gasteiger partial charge in [-0.3, -0.25) is 0 Å². The number of hydrogen-bond donors (Lipinski definition) is 2. The van der Waals surface area contributed by atoms with Gasteiger partial charge in [-0.25, -0.2) is 4.79 Å². The predicted octanol–water partition coefficient (Wildman–Crippen LogP) is 1.95. The van der Waals surface area contributed by atoms with Crippen LogP contribution in [0.3, 0.4) is 0 Å². The third kappa shape index (κ3) is 4.15. The monoisotopic (exact) mass is 223 g/mol. The van der Waals surface area contributed by atoms with Crippen LogP contribution in [0, 0.1) is 11.8 Å². The molecule has 0 aliphatic carbocycles. The van der Waals surface area contributed by atoms with Gasteiger partial charge in [0, 0.05) is 24.4 Å². The molecule has 1 aromatic rings. The van der Waals surface area contributed by atoms with E-state index in [-0.39, 0.29) is 0 Å². The van der Waals surface area contributed by atoms with Gasteiger partial charge in [-0.2, -0.15) is 0 Å². The highest BCUT2D eigenvalue weighted by Crippen LogP contribution is 2.15. The average molecular weight is 223 g/mol. The Morgan fingerprint density at radius 2 is 2.40 bits per heavy atom. The van der Waals surface area contributed by atoms with Gasteiger partial charge in [0.15, 0.2) is 0 Å². The number of aromatic carboxylic acids is 1. The molecule has 0 aliphatic heterocycles. The Labute approximate surface area is 93.1 Å². The van der Waals surface area contributed by atoms with E-state index in [4.69, 9.17) is 5.11 Å². The van der Waals surface area contributed by atoms with E-state index in [1.54, 1.807) is 6.07 Å². The molecule has 1 aromatic heterocycles. The number of carboxylic acid groups (broad SMARTS) is 1. The zero-order valence-corrected chi connectivity index (χ0v) is 9.36. The molecule has 0 aliphatic rings. The minimum Gasteiger partial charge on any atom is -0.477 e.